The van der Waals surface area contributed by atoms with E-state index in [2.05, 4.69) is 15.6 Å². The summed E-state index contributed by atoms with van der Waals surface area (Å²) in [5, 5.41) is 11.0. The second kappa shape index (κ2) is 4.39. The smallest absolute Gasteiger partial charge is 0.239 e. The van der Waals surface area contributed by atoms with Gasteiger partial charge in [-0.3, -0.25) is 4.79 Å². The average molecular weight is 209 g/mol. The fourth-order valence-corrected chi connectivity index (χ4v) is 1.38. The number of carbonyl (C=O) groups is 1. The van der Waals surface area contributed by atoms with E-state index in [0.717, 1.165) is 18.2 Å². The van der Waals surface area contributed by atoms with E-state index < -0.39 is 5.91 Å². The van der Waals surface area contributed by atoms with Crippen molar-refractivity contribution in [1.82, 2.24) is 20.3 Å². The monoisotopic (exact) mass is 209 g/mol. The van der Waals surface area contributed by atoms with Crippen molar-refractivity contribution in [3.63, 3.8) is 0 Å². The van der Waals surface area contributed by atoms with Gasteiger partial charge in [0.05, 0.1) is 11.9 Å². The van der Waals surface area contributed by atoms with Crippen molar-refractivity contribution in [3.05, 3.63) is 11.9 Å². The minimum atomic E-state index is -0.405. The van der Waals surface area contributed by atoms with E-state index >= 15 is 0 Å². The van der Waals surface area contributed by atoms with Gasteiger partial charge in [0, 0.05) is 6.54 Å². The van der Waals surface area contributed by atoms with Crippen LogP contribution < -0.4 is 11.1 Å². The van der Waals surface area contributed by atoms with Gasteiger partial charge >= 0.3 is 0 Å². The van der Waals surface area contributed by atoms with Crippen molar-refractivity contribution < 1.29 is 4.79 Å². The molecule has 0 spiro atoms. The molecule has 0 aromatic carbocycles. The number of primary amides is 1. The predicted molar refractivity (Wildman–Crippen MR) is 53.6 cm³/mol. The van der Waals surface area contributed by atoms with E-state index in [-0.39, 0.29) is 6.54 Å². The van der Waals surface area contributed by atoms with Crippen LogP contribution >= 0.6 is 0 Å². The minimum absolute atomic E-state index is 0.0929. The van der Waals surface area contributed by atoms with Crippen molar-refractivity contribution in [3.8, 4) is 0 Å². The second-order valence-electron chi connectivity index (χ2n) is 3.95. The van der Waals surface area contributed by atoms with E-state index in [1.165, 1.54) is 17.5 Å². The third-order valence-electron chi connectivity index (χ3n) is 2.34. The molecule has 1 amide bonds. The van der Waals surface area contributed by atoms with Crippen LogP contribution in [-0.4, -0.2) is 27.4 Å². The van der Waals surface area contributed by atoms with Crippen LogP contribution in [0.5, 0.6) is 0 Å². The summed E-state index contributed by atoms with van der Waals surface area (Å²) in [7, 11) is 0. The molecule has 0 aliphatic heterocycles. The van der Waals surface area contributed by atoms with Crippen LogP contribution in [0.1, 0.15) is 18.5 Å². The van der Waals surface area contributed by atoms with Crippen LogP contribution in [0, 0.1) is 5.92 Å². The van der Waals surface area contributed by atoms with Crippen LogP contribution in [0.15, 0.2) is 6.20 Å². The predicted octanol–water partition coefficient (Wildman–Crippen LogP) is -0.737. The van der Waals surface area contributed by atoms with Gasteiger partial charge in [-0.15, -0.1) is 5.10 Å². The Morgan fingerprint density at radius 3 is 3.13 bits per heavy atom. The topological polar surface area (TPSA) is 85.8 Å². The highest BCUT2D eigenvalue weighted by molar-refractivity contribution is 5.73. The van der Waals surface area contributed by atoms with Gasteiger partial charge in [-0.2, -0.15) is 0 Å². The molecular weight excluding hydrogens is 194 g/mol. The Morgan fingerprint density at radius 2 is 2.47 bits per heavy atom. The minimum Gasteiger partial charge on any atom is -0.368 e. The molecule has 1 aliphatic rings. The molecule has 0 radical (unpaired) electrons. The Kier molecular flexibility index (Phi) is 2.96. The highest BCUT2D eigenvalue weighted by atomic mass is 16.1. The molecule has 1 saturated carbocycles. The lowest BCUT2D eigenvalue weighted by Gasteiger charge is -1.98. The van der Waals surface area contributed by atoms with Crippen molar-refractivity contribution in [1.29, 1.82) is 0 Å². The quantitative estimate of drug-likeness (QED) is 0.646. The van der Waals surface area contributed by atoms with Crippen LogP contribution in [-0.2, 0) is 17.9 Å². The van der Waals surface area contributed by atoms with Crippen molar-refractivity contribution in [2.75, 3.05) is 6.54 Å². The maximum absolute atomic E-state index is 10.6. The van der Waals surface area contributed by atoms with Crippen LogP contribution in [0.4, 0.5) is 0 Å². The molecule has 6 nitrogen and oxygen atoms in total. The molecule has 0 saturated heterocycles. The van der Waals surface area contributed by atoms with Crippen LogP contribution in [0.25, 0.3) is 0 Å². The number of carbonyl (C=O) groups excluding carboxylic acids is 1. The first kappa shape index (κ1) is 10.1. The molecule has 0 bridgehead atoms. The van der Waals surface area contributed by atoms with Crippen LogP contribution in [0.3, 0.4) is 0 Å². The zero-order valence-corrected chi connectivity index (χ0v) is 8.52. The first-order valence-electron chi connectivity index (χ1n) is 5.12. The van der Waals surface area contributed by atoms with E-state index in [0.29, 0.717) is 6.54 Å². The highest BCUT2D eigenvalue weighted by Crippen LogP contribution is 2.27. The number of hydrogen-bond acceptors (Lipinski definition) is 4. The number of aromatic nitrogens is 3. The second-order valence-corrected chi connectivity index (χ2v) is 3.95. The third-order valence-corrected chi connectivity index (χ3v) is 2.34. The summed E-state index contributed by atoms with van der Waals surface area (Å²) < 4.78 is 1.45. The van der Waals surface area contributed by atoms with Gasteiger partial charge in [0.15, 0.2) is 0 Å². The molecule has 2 rings (SSSR count). The van der Waals surface area contributed by atoms with Crippen LogP contribution in [0.2, 0.25) is 0 Å². The first-order valence-corrected chi connectivity index (χ1v) is 5.12. The maximum atomic E-state index is 10.6. The molecule has 1 aliphatic carbocycles. The molecular formula is C9H15N5O. The molecule has 82 valence electrons. The van der Waals surface area contributed by atoms with Crippen molar-refractivity contribution in [2.24, 2.45) is 11.7 Å². The summed E-state index contributed by atoms with van der Waals surface area (Å²) in [5.41, 5.74) is 5.88. The van der Waals surface area contributed by atoms with Gasteiger partial charge in [0.25, 0.3) is 0 Å². The van der Waals surface area contributed by atoms with Gasteiger partial charge < -0.3 is 11.1 Å². The van der Waals surface area contributed by atoms with Crippen molar-refractivity contribution >= 4 is 5.91 Å². The zero-order chi connectivity index (χ0) is 10.7. The third kappa shape index (κ3) is 3.32. The number of amides is 1. The summed E-state index contributed by atoms with van der Waals surface area (Å²) in [5.74, 6) is 0.447. The van der Waals surface area contributed by atoms with Crippen molar-refractivity contribution in [2.45, 2.75) is 25.9 Å². The van der Waals surface area contributed by atoms with Gasteiger partial charge in [-0.25, -0.2) is 4.68 Å². The maximum Gasteiger partial charge on any atom is 0.239 e. The van der Waals surface area contributed by atoms with E-state index in [9.17, 15) is 4.79 Å². The Bertz CT molecular complexity index is 344. The van der Waals surface area contributed by atoms with Gasteiger partial charge in [-0.1, -0.05) is 5.21 Å². The molecule has 0 atom stereocenters. The van der Waals surface area contributed by atoms with Gasteiger partial charge in [0.1, 0.15) is 6.54 Å². The van der Waals surface area contributed by atoms with E-state index in [1.54, 1.807) is 6.20 Å². The molecule has 3 N–H and O–H groups in total. The molecule has 1 fully saturated rings. The first-order chi connectivity index (χ1) is 7.24. The Morgan fingerprint density at radius 1 is 1.67 bits per heavy atom. The fraction of sp³-hybridized carbons (Fsp3) is 0.667. The Labute approximate surface area is 87.8 Å². The standard InChI is InChI=1S/C9H15N5O/c10-9(15)6-14-5-8(12-13-14)4-11-3-7-1-2-7/h5,7,11H,1-4,6H2,(H2,10,15). The van der Waals surface area contributed by atoms with E-state index in [1.807, 2.05) is 0 Å². The zero-order valence-electron chi connectivity index (χ0n) is 8.52. The fourth-order valence-electron chi connectivity index (χ4n) is 1.38. The van der Waals surface area contributed by atoms with Gasteiger partial charge in [0.2, 0.25) is 5.91 Å². The number of nitrogens with zero attached hydrogens (tertiary/aromatic N) is 3. The average Bonchev–Trinajstić information content (AvgIpc) is 2.88. The number of hydrogen-bond donors (Lipinski definition) is 2. The number of rotatable bonds is 6. The lowest BCUT2D eigenvalue weighted by atomic mass is 10.4. The molecule has 0 unspecified atom stereocenters. The molecule has 6 heteroatoms. The summed E-state index contributed by atoms with van der Waals surface area (Å²) >= 11 is 0. The Balaban J connectivity index is 1.75. The largest absolute Gasteiger partial charge is 0.368 e. The molecule has 1 aromatic rings. The summed E-state index contributed by atoms with van der Waals surface area (Å²) in [4.78, 5) is 10.6. The lowest BCUT2D eigenvalue weighted by molar-refractivity contribution is -0.118. The summed E-state index contributed by atoms with van der Waals surface area (Å²) in [6, 6.07) is 0. The highest BCUT2D eigenvalue weighted by Gasteiger charge is 2.20. The lowest BCUT2D eigenvalue weighted by Crippen LogP contribution is -2.19. The SMILES string of the molecule is NC(=O)Cn1cc(CNCC2CC2)nn1. The molecule has 15 heavy (non-hydrogen) atoms. The normalized spacial score (nSPS) is 15.5. The van der Waals surface area contributed by atoms with E-state index in [4.69, 9.17) is 5.73 Å². The molecule has 1 aromatic heterocycles. The summed E-state index contributed by atoms with van der Waals surface area (Å²) in [6.45, 7) is 1.84. The Hall–Kier alpha value is -1.43. The number of nitrogens with two attached hydrogens (primary N) is 1. The van der Waals surface area contributed by atoms with Gasteiger partial charge in [-0.05, 0) is 25.3 Å². The summed E-state index contributed by atoms with van der Waals surface area (Å²) in [6.07, 6.45) is 4.41. The number of nitrogens with one attached hydrogen (secondary N) is 1. The molecule has 1 heterocycles.